The van der Waals surface area contributed by atoms with Crippen LogP contribution in [0, 0.1) is 0 Å². The Morgan fingerprint density at radius 1 is 1.00 bits per heavy atom. The summed E-state index contributed by atoms with van der Waals surface area (Å²) in [5, 5.41) is 9.06. The van der Waals surface area contributed by atoms with Crippen molar-refractivity contribution in [2.75, 3.05) is 0 Å². The third-order valence-corrected chi connectivity index (χ3v) is 2.40. The van der Waals surface area contributed by atoms with E-state index in [2.05, 4.69) is 4.98 Å². The maximum absolute atomic E-state index is 12.3. The zero-order valence-electron chi connectivity index (χ0n) is 8.70. The molecule has 0 aliphatic heterocycles. The van der Waals surface area contributed by atoms with Gasteiger partial charge >= 0.3 is 6.18 Å². The van der Waals surface area contributed by atoms with Crippen molar-refractivity contribution in [2.45, 2.75) is 12.3 Å². The highest BCUT2D eigenvalue weighted by Crippen LogP contribution is 2.33. The molecule has 2 N–H and O–H groups in total. The molecular weight excluding hydrogens is 231 g/mol. The van der Waals surface area contributed by atoms with Crippen LogP contribution < -0.4 is 0 Å². The summed E-state index contributed by atoms with van der Waals surface area (Å²) in [6.45, 7) is 0. The van der Waals surface area contributed by atoms with Crippen LogP contribution in [-0.4, -0.2) is 16.3 Å². The average molecular weight is 241 g/mol. The summed E-state index contributed by atoms with van der Waals surface area (Å²) in [5.74, 6) is 0. The first-order valence-corrected chi connectivity index (χ1v) is 4.97. The van der Waals surface area contributed by atoms with E-state index in [9.17, 15) is 13.2 Å². The van der Waals surface area contributed by atoms with Crippen LogP contribution in [0.4, 0.5) is 13.2 Å². The SMILES string of the molecule is OC(c1ccc(-c2ccccc2)[nH]1)C(F)(F)F. The fourth-order valence-corrected chi connectivity index (χ4v) is 1.53. The van der Waals surface area contributed by atoms with Crippen molar-refractivity contribution < 1.29 is 18.3 Å². The summed E-state index contributed by atoms with van der Waals surface area (Å²) in [6, 6.07) is 11.7. The summed E-state index contributed by atoms with van der Waals surface area (Å²) in [5.41, 5.74) is 1.06. The number of benzene rings is 1. The van der Waals surface area contributed by atoms with Gasteiger partial charge in [0.1, 0.15) is 0 Å². The summed E-state index contributed by atoms with van der Waals surface area (Å²) >= 11 is 0. The van der Waals surface area contributed by atoms with E-state index in [4.69, 9.17) is 5.11 Å². The predicted molar refractivity (Wildman–Crippen MR) is 57.2 cm³/mol. The van der Waals surface area contributed by atoms with Crippen molar-refractivity contribution in [3.63, 3.8) is 0 Å². The van der Waals surface area contributed by atoms with Crippen LogP contribution in [0.25, 0.3) is 11.3 Å². The second kappa shape index (κ2) is 4.25. The van der Waals surface area contributed by atoms with E-state index in [1.54, 1.807) is 24.3 Å². The first-order valence-electron chi connectivity index (χ1n) is 4.97. The predicted octanol–water partition coefficient (Wildman–Crippen LogP) is 3.28. The summed E-state index contributed by atoms with van der Waals surface area (Å²) < 4.78 is 36.8. The van der Waals surface area contributed by atoms with E-state index in [0.717, 1.165) is 5.56 Å². The van der Waals surface area contributed by atoms with Gasteiger partial charge in [0.15, 0.2) is 6.10 Å². The molecule has 2 rings (SSSR count). The lowest BCUT2D eigenvalue weighted by Gasteiger charge is -2.12. The summed E-state index contributed by atoms with van der Waals surface area (Å²) in [6.07, 6.45) is -7.13. The van der Waals surface area contributed by atoms with Crippen molar-refractivity contribution in [3.8, 4) is 11.3 Å². The van der Waals surface area contributed by atoms with Crippen LogP contribution in [0.5, 0.6) is 0 Å². The Hall–Kier alpha value is -1.75. The molecule has 0 amide bonds. The number of hydrogen-bond acceptors (Lipinski definition) is 1. The molecule has 1 heterocycles. The number of hydrogen-bond donors (Lipinski definition) is 2. The second-order valence-corrected chi connectivity index (χ2v) is 3.64. The molecule has 0 radical (unpaired) electrons. The molecular formula is C12H10F3NO. The van der Waals surface area contributed by atoms with E-state index in [-0.39, 0.29) is 5.69 Å². The molecule has 0 aliphatic carbocycles. The van der Waals surface area contributed by atoms with E-state index < -0.39 is 12.3 Å². The number of nitrogens with one attached hydrogen (secondary N) is 1. The maximum Gasteiger partial charge on any atom is 0.420 e. The van der Waals surface area contributed by atoms with Gasteiger partial charge in [0, 0.05) is 5.69 Å². The lowest BCUT2D eigenvalue weighted by atomic mass is 10.2. The molecule has 0 bridgehead atoms. The zero-order valence-corrected chi connectivity index (χ0v) is 8.70. The molecule has 2 nitrogen and oxygen atoms in total. The van der Waals surface area contributed by atoms with Gasteiger partial charge in [-0.1, -0.05) is 30.3 Å². The Labute approximate surface area is 95.7 Å². The number of H-pyrrole nitrogens is 1. The average Bonchev–Trinajstić information content (AvgIpc) is 2.77. The van der Waals surface area contributed by atoms with Gasteiger partial charge in [-0.05, 0) is 17.7 Å². The number of aliphatic hydroxyl groups is 1. The molecule has 90 valence electrons. The molecule has 0 spiro atoms. The third kappa shape index (κ3) is 2.50. The monoisotopic (exact) mass is 241 g/mol. The third-order valence-electron chi connectivity index (χ3n) is 2.40. The Balaban J connectivity index is 2.28. The Morgan fingerprint density at radius 3 is 2.24 bits per heavy atom. The van der Waals surface area contributed by atoms with Crippen LogP contribution in [0.3, 0.4) is 0 Å². The van der Waals surface area contributed by atoms with Gasteiger partial charge in [0.2, 0.25) is 0 Å². The lowest BCUT2D eigenvalue weighted by Crippen LogP contribution is -2.20. The van der Waals surface area contributed by atoms with Gasteiger partial charge in [-0.2, -0.15) is 13.2 Å². The molecule has 2 aromatic rings. The van der Waals surface area contributed by atoms with Gasteiger partial charge in [-0.15, -0.1) is 0 Å². The standard InChI is InChI=1S/C12H10F3NO/c13-12(14,15)11(17)10-7-6-9(16-10)8-4-2-1-3-5-8/h1-7,11,16-17H. The normalized spacial score (nSPS) is 13.6. The summed E-state index contributed by atoms with van der Waals surface area (Å²) in [7, 11) is 0. The molecule has 0 saturated heterocycles. The first kappa shape index (κ1) is 11.7. The van der Waals surface area contributed by atoms with Gasteiger partial charge in [-0.3, -0.25) is 0 Å². The fraction of sp³-hybridized carbons (Fsp3) is 0.167. The van der Waals surface area contributed by atoms with Crippen LogP contribution in [0.2, 0.25) is 0 Å². The number of aromatic amines is 1. The quantitative estimate of drug-likeness (QED) is 0.831. The first-order chi connectivity index (χ1) is 7.98. The van der Waals surface area contributed by atoms with E-state index >= 15 is 0 Å². The fourth-order valence-electron chi connectivity index (χ4n) is 1.53. The van der Waals surface area contributed by atoms with Crippen molar-refractivity contribution in [1.29, 1.82) is 0 Å². The van der Waals surface area contributed by atoms with E-state index in [0.29, 0.717) is 5.69 Å². The number of halogens is 3. The molecule has 0 aliphatic rings. The van der Waals surface area contributed by atoms with Crippen molar-refractivity contribution in [1.82, 2.24) is 4.98 Å². The molecule has 0 saturated carbocycles. The van der Waals surface area contributed by atoms with Crippen molar-refractivity contribution in [2.24, 2.45) is 0 Å². The lowest BCUT2D eigenvalue weighted by molar-refractivity contribution is -0.207. The zero-order chi connectivity index (χ0) is 12.5. The van der Waals surface area contributed by atoms with Crippen LogP contribution in [-0.2, 0) is 0 Å². The van der Waals surface area contributed by atoms with Crippen LogP contribution >= 0.6 is 0 Å². The minimum atomic E-state index is -4.65. The van der Waals surface area contributed by atoms with E-state index in [1.165, 1.54) is 12.1 Å². The van der Waals surface area contributed by atoms with Crippen LogP contribution in [0.15, 0.2) is 42.5 Å². The number of rotatable bonds is 2. The highest BCUT2D eigenvalue weighted by Gasteiger charge is 2.40. The van der Waals surface area contributed by atoms with Gasteiger partial charge in [-0.25, -0.2) is 0 Å². The molecule has 17 heavy (non-hydrogen) atoms. The topological polar surface area (TPSA) is 36.0 Å². The number of aliphatic hydroxyl groups excluding tert-OH is 1. The smallest absolute Gasteiger partial charge is 0.378 e. The molecule has 1 aromatic carbocycles. The Morgan fingerprint density at radius 2 is 1.65 bits per heavy atom. The summed E-state index contributed by atoms with van der Waals surface area (Å²) in [4.78, 5) is 2.57. The molecule has 1 unspecified atom stereocenters. The van der Waals surface area contributed by atoms with Crippen molar-refractivity contribution >= 4 is 0 Å². The number of aromatic nitrogens is 1. The molecule has 1 atom stereocenters. The largest absolute Gasteiger partial charge is 0.420 e. The Bertz CT molecular complexity index is 490. The minimum Gasteiger partial charge on any atom is -0.378 e. The van der Waals surface area contributed by atoms with E-state index in [1.807, 2.05) is 6.07 Å². The molecule has 1 aromatic heterocycles. The second-order valence-electron chi connectivity index (χ2n) is 3.64. The van der Waals surface area contributed by atoms with Crippen LogP contribution in [0.1, 0.15) is 11.8 Å². The van der Waals surface area contributed by atoms with Gasteiger partial charge in [0.25, 0.3) is 0 Å². The maximum atomic E-state index is 12.3. The van der Waals surface area contributed by atoms with Gasteiger partial charge < -0.3 is 10.1 Å². The van der Waals surface area contributed by atoms with Crippen molar-refractivity contribution in [3.05, 3.63) is 48.2 Å². The number of alkyl halides is 3. The molecule has 5 heteroatoms. The molecule has 0 fully saturated rings. The minimum absolute atomic E-state index is 0.253. The highest BCUT2D eigenvalue weighted by molar-refractivity contribution is 5.59. The Kier molecular flexibility index (Phi) is 2.93. The van der Waals surface area contributed by atoms with Gasteiger partial charge in [0.05, 0.1) is 5.69 Å². The highest BCUT2D eigenvalue weighted by atomic mass is 19.4.